The first-order valence-electron chi connectivity index (χ1n) is 17.9. The number of phosphoric acid groups is 1. The molecule has 0 aliphatic rings. The number of ether oxygens (including phenoxy) is 2. The van der Waals surface area contributed by atoms with E-state index in [-0.39, 0.29) is 32.0 Å². The molecule has 10 heteroatoms. The van der Waals surface area contributed by atoms with Crippen molar-refractivity contribution >= 4 is 19.8 Å². The highest BCUT2D eigenvalue weighted by atomic mass is 31.2. The molecule has 0 saturated carbocycles. The van der Waals surface area contributed by atoms with Crippen LogP contribution in [0.3, 0.4) is 0 Å². The number of hydrogen-bond acceptors (Lipinski definition) is 7. The summed E-state index contributed by atoms with van der Waals surface area (Å²) in [5.41, 5.74) is 0. The second kappa shape index (κ2) is 28.9. The van der Waals surface area contributed by atoms with Crippen LogP contribution in [-0.4, -0.2) is 74.9 Å². The number of hydrogen-bond donors (Lipinski definition) is 1. The SMILES string of the molecule is CCCCCCCC/C=C\CCCCCCCC(=O)OC(COC(=O)CCCCCCCC)COP(=O)(O)OCC[N+](C)(C)C. The van der Waals surface area contributed by atoms with Crippen molar-refractivity contribution in [3.05, 3.63) is 12.2 Å². The van der Waals surface area contributed by atoms with Gasteiger partial charge in [0.25, 0.3) is 0 Å². The summed E-state index contributed by atoms with van der Waals surface area (Å²) in [5.74, 6) is -0.818. The molecule has 0 rings (SSSR count). The van der Waals surface area contributed by atoms with Gasteiger partial charge in [-0.1, -0.05) is 109 Å². The molecule has 45 heavy (non-hydrogen) atoms. The fourth-order valence-electron chi connectivity index (χ4n) is 4.65. The minimum atomic E-state index is -4.35. The van der Waals surface area contributed by atoms with E-state index in [0.29, 0.717) is 17.4 Å². The van der Waals surface area contributed by atoms with Crippen LogP contribution in [0.5, 0.6) is 0 Å². The van der Waals surface area contributed by atoms with E-state index in [9.17, 15) is 19.0 Å². The van der Waals surface area contributed by atoms with E-state index in [1.807, 2.05) is 21.1 Å². The Kier molecular flexibility index (Phi) is 28.1. The van der Waals surface area contributed by atoms with Gasteiger partial charge in [0.05, 0.1) is 27.7 Å². The van der Waals surface area contributed by atoms with Crippen LogP contribution in [0.15, 0.2) is 12.2 Å². The molecule has 0 saturated heterocycles. The van der Waals surface area contributed by atoms with Crippen LogP contribution in [0, 0.1) is 0 Å². The zero-order chi connectivity index (χ0) is 33.7. The Morgan fingerprint density at radius 3 is 1.64 bits per heavy atom. The Morgan fingerprint density at radius 2 is 1.13 bits per heavy atom. The van der Waals surface area contributed by atoms with E-state index in [1.54, 1.807) is 0 Å². The third-order valence-corrected chi connectivity index (χ3v) is 8.53. The number of likely N-dealkylation sites (N-methyl/N-ethyl adjacent to an activating group) is 1. The van der Waals surface area contributed by atoms with Gasteiger partial charge in [0, 0.05) is 12.8 Å². The summed E-state index contributed by atoms with van der Waals surface area (Å²) in [4.78, 5) is 34.9. The summed E-state index contributed by atoms with van der Waals surface area (Å²) >= 11 is 0. The molecule has 0 aliphatic heterocycles. The molecule has 1 N–H and O–H groups in total. The summed E-state index contributed by atoms with van der Waals surface area (Å²) in [6, 6.07) is 0. The quantitative estimate of drug-likeness (QED) is 0.0250. The van der Waals surface area contributed by atoms with Gasteiger partial charge in [-0.25, -0.2) is 4.57 Å². The van der Waals surface area contributed by atoms with Gasteiger partial charge in [0.2, 0.25) is 0 Å². The highest BCUT2D eigenvalue weighted by Crippen LogP contribution is 2.43. The third-order valence-electron chi connectivity index (χ3n) is 7.55. The first kappa shape index (κ1) is 43.8. The number of nitrogens with zero attached hydrogens (tertiary/aromatic N) is 1. The van der Waals surface area contributed by atoms with Crippen molar-refractivity contribution in [2.45, 2.75) is 155 Å². The molecule has 0 aliphatic carbocycles. The number of esters is 2. The predicted molar refractivity (Wildman–Crippen MR) is 183 cm³/mol. The zero-order valence-electron chi connectivity index (χ0n) is 29.6. The topological polar surface area (TPSA) is 108 Å². The van der Waals surface area contributed by atoms with Crippen LogP contribution < -0.4 is 0 Å². The third kappa shape index (κ3) is 32.5. The average molecular weight is 663 g/mol. The van der Waals surface area contributed by atoms with Gasteiger partial charge in [-0.05, 0) is 38.5 Å². The normalized spacial score (nSPS) is 14.0. The number of unbranched alkanes of at least 4 members (excludes halogenated alkanes) is 16. The van der Waals surface area contributed by atoms with Crippen molar-refractivity contribution < 1.29 is 42.1 Å². The van der Waals surface area contributed by atoms with Crippen LogP contribution in [0.1, 0.15) is 149 Å². The Balaban J connectivity index is 4.40. The molecule has 0 aromatic carbocycles. The second-order valence-corrected chi connectivity index (χ2v) is 14.7. The average Bonchev–Trinajstić information content (AvgIpc) is 2.97. The standard InChI is InChI=1S/C35H68NO8P/c1-6-8-10-12-14-15-16-17-18-19-20-21-22-24-26-28-35(38)44-33(31-41-34(37)27-25-23-13-11-9-7-2)32-43-45(39,40)42-30-29-36(3,4)5/h17-18,33H,6-16,19-32H2,1-5H3/p+1/b18-17-. The molecule has 9 nitrogen and oxygen atoms in total. The lowest BCUT2D eigenvalue weighted by Gasteiger charge is -2.24. The molecule has 0 bridgehead atoms. The number of rotatable bonds is 32. The van der Waals surface area contributed by atoms with E-state index < -0.39 is 26.5 Å². The molecule has 2 atom stereocenters. The van der Waals surface area contributed by atoms with Crippen molar-refractivity contribution in [1.29, 1.82) is 0 Å². The van der Waals surface area contributed by atoms with Crippen molar-refractivity contribution in [3.8, 4) is 0 Å². The molecule has 0 fully saturated rings. The van der Waals surface area contributed by atoms with Crippen LogP contribution in [-0.2, 0) is 32.7 Å². The number of allylic oxidation sites excluding steroid dienone is 2. The lowest BCUT2D eigenvalue weighted by molar-refractivity contribution is -0.870. The summed E-state index contributed by atoms with van der Waals surface area (Å²) in [6.45, 7) is 4.32. The molecule has 2 unspecified atom stereocenters. The van der Waals surface area contributed by atoms with E-state index in [0.717, 1.165) is 57.8 Å². The Bertz CT molecular complexity index is 799. The van der Waals surface area contributed by atoms with Gasteiger partial charge in [-0.2, -0.15) is 0 Å². The van der Waals surface area contributed by atoms with Gasteiger partial charge in [0.15, 0.2) is 6.10 Å². The van der Waals surface area contributed by atoms with Gasteiger partial charge < -0.3 is 18.9 Å². The fourth-order valence-corrected chi connectivity index (χ4v) is 5.39. The number of carbonyl (C=O) groups is 2. The summed E-state index contributed by atoms with van der Waals surface area (Å²) in [6.07, 6.45) is 25.7. The summed E-state index contributed by atoms with van der Waals surface area (Å²) in [7, 11) is 1.47. The Morgan fingerprint density at radius 1 is 0.667 bits per heavy atom. The maximum absolute atomic E-state index is 12.5. The van der Waals surface area contributed by atoms with Crippen molar-refractivity contribution in [2.75, 3.05) is 47.5 Å². The lowest BCUT2D eigenvalue weighted by atomic mass is 10.1. The lowest BCUT2D eigenvalue weighted by Crippen LogP contribution is -2.37. The minimum absolute atomic E-state index is 0.0322. The Hall–Kier alpha value is -1.25. The number of quaternary nitrogens is 1. The van der Waals surface area contributed by atoms with Gasteiger partial charge in [0.1, 0.15) is 19.8 Å². The molecule has 0 heterocycles. The van der Waals surface area contributed by atoms with Gasteiger partial charge >= 0.3 is 19.8 Å². The monoisotopic (exact) mass is 662 g/mol. The summed E-state index contributed by atoms with van der Waals surface area (Å²) in [5, 5.41) is 0. The molecule has 0 spiro atoms. The maximum Gasteiger partial charge on any atom is 0.472 e. The van der Waals surface area contributed by atoms with Crippen LogP contribution >= 0.6 is 7.82 Å². The largest absolute Gasteiger partial charge is 0.472 e. The van der Waals surface area contributed by atoms with Crippen LogP contribution in [0.25, 0.3) is 0 Å². The van der Waals surface area contributed by atoms with Crippen molar-refractivity contribution in [2.24, 2.45) is 0 Å². The summed E-state index contributed by atoms with van der Waals surface area (Å²) < 4.78 is 33.9. The highest BCUT2D eigenvalue weighted by Gasteiger charge is 2.27. The first-order valence-corrected chi connectivity index (χ1v) is 19.4. The molecule has 0 aromatic rings. The van der Waals surface area contributed by atoms with Crippen molar-refractivity contribution in [1.82, 2.24) is 0 Å². The van der Waals surface area contributed by atoms with Gasteiger partial charge in [-0.15, -0.1) is 0 Å². The molecular formula is C35H69NO8P+. The minimum Gasteiger partial charge on any atom is -0.462 e. The fraction of sp³-hybridized carbons (Fsp3) is 0.886. The van der Waals surface area contributed by atoms with E-state index in [4.69, 9.17) is 18.5 Å². The van der Waals surface area contributed by atoms with Crippen LogP contribution in [0.4, 0.5) is 0 Å². The maximum atomic E-state index is 12.5. The predicted octanol–water partition coefficient (Wildman–Crippen LogP) is 9.07. The molecule has 0 amide bonds. The highest BCUT2D eigenvalue weighted by molar-refractivity contribution is 7.47. The van der Waals surface area contributed by atoms with E-state index >= 15 is 0 Å². The Labute approximate surface area is 276 Å². The zero-order valence-corrected chi connectivity index (χ0v) is 30.5. The van der Waals surface area contributed by atoms with E-state index in [1.165, 1.54) is 57.8 Å². The number of phosphoric ester groups is 1. The first-order chi connectivity index (χ1) is 21.5. The molecule has 0 radical (unpaired) electrons. The smallest absolute Gasteiger partial charge is 0.462 e. The van der Waals surface area contributed by atoms with E-state index in [2.05, 4.69) is 26.0 Å². The van der Waals surface area contributed by atoms with Crippen molar-refractivity contribution in [3.63, 3.8) is 0 Å². The second-order valence-electron chi connectivity index (χ2n) is 13.3. The molecule has 0 aromatic heterocycles. The molecular weight excluding hydrogens is 593 g/mol. The number of carbonyl (C=O) groups excluding carboxylic acids is 2. The van der Waals surface area contributed by atoms with Gasteiger partial charge in [-0.3, -0.25) is 18.6 Å². The van der Waals surface area contributed by atoms with Crippen LogP contribution in [0.2, 0.25) is 0 Å². The molecule has 266 valence electrons.